The molecule has 3 rings (SSSR count). The maximum Gasteiger partial charge on any atom is 0.329 e. The van der Waals surface area contributed by atoms with E-state index in [0.29, 0.717) is 12.1 Å². The molecule has 2 saturated carbocycles. The summed E-state index contributed by atoms with van der Waals surface area (Å²) in [6, 6.07) is 0.623. The first kappa shape index (κ1) is 10.8. The van der Waals surface area contributed by atoms with E-state index in [2.05, 4.69) is 14.9 Å². The van der Waals surface area contributed by atoms with Crippen molar-refractivity contribution in [3.05, 3.63) is 18.2 Å². The molecule has 1 atom stereocenters. The molecule has 1 aromatic rings. The number of aromatic nitrogens is 2. The molecule has 2 fully saturated rings. The van der Waals surface area contributed by atoms with Gasteiger partial charge >= 0.3 is 5.97 Å². The fourth-order valence-electron chi connectivity index (χ4n) is 2.07. The van der Waals surface area contributed by atoms with Crippen molar-refractivity contribution >= 4 is 5.97 Å². The first-order chi connectivity index (χ1) is 8.29. The lowest BCUT2D eigenvalue weighted by molar-refractivity contribution is -0.143. The van der Waals surface area contributed by atoms with Crippen LogP contribution in [0.25, 0.3) is 0 Å². The highest BCUT2D eigenvalue weighted by Gasteiger charge is 2.34. The van der Waals surface area contributed by atoms with Gasteiger partial charge in [0.25, 0.3) is 0 Å². The fourth-order valence-corrected chi connectivity index (χ4v) is 2.07. The lowest BCUT2D eigenvalue weighted by Crippen LogP contribution is -2.32. The highest BCUT2D eigenvalue weighted by atomic mass is 16.5. The summed E-state index contributed by atoms with van der Waals surface area (Å²) in [5, 5.41) is 3.33. The Bertz CT molecular complexity index is 421. The summed E-state index contributed by atoms with van der Waals surface area (Å²) < 4.78 is 6.99. The van der Waals surface area contributed by atoms with Crippen LogP contribution in [0.15, 0.2) is 12.5 Å². The minimum atomic E-state index is -0.365. The van der Waals surface area contributed by atoms with Crippen molar-refractivity contribution in [1.82, 2.24) is 14.9 Å². The van der Waals surface area contributed by atoms with Crippen molar-refractivity contribution in [1.29, 1.82) is 0 Å². The third kappa shape index (κ3) is 2.20. The Labute approximate surface area is 100 Å². The Morgan fingerprint density at radius 3 is 2.88 bits per heavy atom. The van der Waals surface area contributed by atoms with Crippen molar-refractivity contribution < 1.29 is 9.53 Å². The number of ether oxygens (including phenoxy) is 1. The number of carbonyl (C=O) groups is 1. The lowest BCUT2D eigenvalue weighted by atomic mass is 10.2. The molecule has 5 nitrogen and oxygen atoms in total. The Hall–Kier alpha value is -1.36. The zero-order valence-corrected chi connectivity index (χ0v) is 9.93. The molecule has 0 radical (unpaired) electrons. The summed E-state index contributed by atoms with van der Waals surface area (Å²) in [6.07, 6.45) is 8.24. The van der Waals surface area contributed by atoms with Crippen LogP contribution >= 0.6 is 0 Å². The van der Waals surface area contributed by atoms with E-state index in [1.165, 1.54) is 20.0 Å². The van der Waals surface area contributed by atoms with Gasteiger partial charge in [-0.15, -0.1) is 0 Å². The maximum absolute atomic E-state index is 11.8. The number of imidazole rings is 1. The van der Waals surface area contributed by atoms with Crippen LogP contribution in [0, 0.1) is 0 Å². The van der Waals surface area contributed by atoms with Crippen molar-refractivity contribution in [2.45, 2.75) is 43.8 Å². The molecule has 17 heavy (non-hydrogen) atoms. The zero-order valence-electron chi connectivity index (χ0n) is 9.93. The van der Waals surface area contributed by atoms with Gasteiger partial charge in [0.2, 0.25) is 0 Å². The van der Waals surface area contributed by atoms with Crippen LogP contribution in [0.1, 0.15) is 43.5 Å². The third-order valence-corrected chi connectivity index (χ3v) is 3.35. The van der Waals surface area contributed by atoms with Gasteiger partial charge in [0.15, 0.2) is 0 Å². The summed E-state index contributed by atoms with van der Waals surface area (Å²) in [5.74, 6) is -0.223. The molecule has 2 aliphatic carbocycles. The second kappa shape index (κ2) is 4.14. The monoisotopic (exact) mass is 235 g/mol. The normalized spacial score (nSPS) is 21.2. The number of hydrogen-bond donors (Lipinski definition) is 1. The Morgan fingerprint density at radius 2 is 2.29 bits per heavy atom. The van der Waals surface area contributed by atoms with Gasteiger partial charge in [-0.1, -0.05) is 0 Å². The Morgan fingerprint density at radius 1 is 1.53 bits per heavy atom. The van der Waals surface area contributed by atoms with E-state index in [0.717, 1.165) is 18.5 Å². The van der Waals surface area contributed by atoms with Crippen molar-refractivity contribution in [2.75, 3.05) is 7.11 Å². The summed E-state index contributed by atoms with van der Waals surface area (Å²) in [5.41, 5.74) is 0.936. The van der Waals surface area contributed by atoms with Crippen LogP contribution in [0.4, 0.5) is 0 Å². The number of esters is 1. The van der Waals surface area contributed by atoms with Crippen molar-refractivity contribution in [3.63, 3.8) is 0 Å². The number of hydrogen-bond acceptors (Lipinski definition) is 4. The van der Waals surface area contributed by atoms with Gasteiger partial charge in [-0.2, -0.15) is 0 Å². The Balaban J connectivity index is 1.84. The first-order valence-corrected chi connectivity index (χ1v) is 6.15. The molecule has 0 bridgehead atoms. The lowest BCUT2D eigenvalue weighted by Gasteiger charge is -2.17. The Kier molecular flexibility index (Phi) is 2.63. The van der Waals surface area contributed by atoms with E-state index in [1.807, 2.05) is 6.33 Å². The highest BCUT2D eigenvalue weighted by molar-refractivity contribution is 5.77. The molecule has 1 heterocycles. The molecule has 0 spiro atoms. The highest BCUT2D eigenvalue weighted by Crippen LogP contribution is 2.37. The van der Waals surface area contributed by atoms with E-state index in [1.54, 1.807) is 6.20 Å². The molecule has 92 valence electrons. The smallest absolute Gasteiger partial charge is 0.329 e. The second-order valence-electron chi connectivity index (χ2n) is 4.85. The van der Waals surface area contributed by atoms with Crippen molar-refractivity contribution in [3.8, 4) is 0 Å². The summed E-state index contributed by atoms with van der Waals surface area (Å²) in [6.45, 7) is 0. The van der Waals surface area contributed by atoms with Gasteiger partial charge in [0.1, 0.15) is 6.04 Å². The van der Waals surface area contributed by atoms with E-state index in [4.69, 9.17) is 4.74 Å². The topological polar surface area (TPSA) is 56.1 Å². The van der Waals surface area contributed by atoms with Gasteiger partial charge in [-0.25, -0.2) is 9.78 Å². The summed E-state index contributed by atoms with van der Waals surface area (Å²) in [7, 11) is 1.43. The van der Waals surface area contributed by atoms with E-state index in [9.17, 15) is 4.79 Å². The molecule has 0 amide bonds. The molecule has 1 aromatic heterocycles. The third-order valence-electron chi connectivity index (χ3n) is 3.35. The summed E-state index contributed by atoms with van der Waals surface area (Å²) >= 11 is 0. The largest absolute Gasteiger partial charge is 0.468 e. The number of nitrogens with zero attached hydrogens (tertiary/aromatic N) is 2. The predicted molar refractivity (Wildman–Crippen MR) is 61.4 cm³/mol. The molecule has 0 saturated heterocycles. The molecule has 0 aromatic carbocycles. The van der Waals surface area contributed by atoms with Gasteiger partial charge < -0.3 is 9.30 Å². The van der Waals surface area contributed by atoms with Gasteiger partial charge in [0, 0.05) is 12.1 Å². The zero-order chi connectivity index (χ0) is 11.8. The second-order valence-corrected chi connectivity index (χ2v) is 4.85. The average Bonchev–Trinajstić information content (AvgIpc) is 3.26. The molecular formula is C12H17N3O2. The molecule has 5 heteroatoms. The quantitative estimate of drug-likeness (QED) is 0.779. The number of methoxy groups -OCH3 is 1. The van der Waals surface area contributed by atoms with E-state index >= 15 is 0 Å². The maximum atomic E-state index is 11.8. The van der Waals surface area contributed by atoms with Crippen LogP contribution in [-0.2, 0) is 9.53 Å². The predicted octanol–water partition coefficient (Wildman–Crippen LogP) is 1.18. The number of rotatable bonds is 5. The minimum Gasteiger partial charge on any atom is -0.468 e. The van der Waals surface area contributed by atoms with Crippen LogP contribution in [0.5, 0.6) is 0 Å². The van der Waals surface area contributed by atoms with Crippen molar-refractivity contribution in [2.24, 2.45) is 0 Å². The fraction of sp³-hybridized carbons (Fsp3) is 0.667. The molecule has 2 aliphatic rings. The summed E-state index contributed by atoms with van der Waals surface area (Å²) in [4.78, 5) is 16.0. The average molecular weight is 235 g/mol. The molecule has 1 N–H and O–H groups in total. The van der Waals surface area contributed by atoms with Gasteiger partial charge in [0.05, 0.1) is 25.3 Å². The molecule has 0 aliphatic heterocycles. The van der Waals surface area contributed by atoms with E-state index < -0.39 is 0 Å². The minimum absolute atomic E-state index is 0.223. The first-order valence-electron chi connectivity index (χ1n) is 6.15. The SMILES string of the molecule is COC(=O)C(NC1CC1)c1cncn1C1CC1. The van der Waals surface area contributed by atoms with Gasteiger partial charge in [-0.05, 0) is 25.7 Å². The number of carbonyl (C=O) groups excluding carboxylic acids is 1. The van der Waals surface area contributed by atoms with Crippen LogP contribution in [0.2, 0.25) is 0 Å². The molecule has 1 unspecified atom stereocenters. The number of nitrogens with one attached hydrogen (secondary N) is 1. The van der Waals surface area contributed by atoms with Crippen LogP contribution in [0.3, 0.4) is 0 Å². The van der Waals surface area contributed by atoms with Crippen LogP contribution in [-0.4, -0.2) is 28.7 Å². The standard InChI is InChI=1S/C12H17N3O2/c1-17-12(16)11(14-8-2-3-8)10-6-13-7-15(10)9-4-5-9/h6-9,11,14H,2-5H2,1H3. The van der Waals surface area contributed by atoms with E-state index in [-0.39, 0.29) is 12.0 Å². The molecular weight excluding hydrogens is 218 g/mol. The van der Waals surface area contributed by atoms with Gasteiger partial charge in [-0.3, -0.25) is 5.32 Å². The van der Waals surface area contributed by atoms with Crippen LogP contribution < -0.4 is 5.32 Å².